The second-order valence-electron chi connectivity index (χ2n) is 4.46. The molecule has 1 N–H and O–H groups in total. The number of ether oxygens (including phenoxy) is 1. The highest BCUT2D eigenvalue weighted by atomic mass is 16.5. The minimum atomic E-state index is 0.0254. The predicted molar refractivity (Wildman–Crippen MR) is 62.9 cm³/mol. The van der Waals surface area contributed by atoms with Crippen LogP contribution >= 0.6 is 0 Å². The molecule has 0 fully saturated rings. The molecule has 3 nitrogen and oxygen atoms in total. The normalized spacial score (nSPS) is 12.0. The number of aryl methyl sites for hydroxylation is 1. The molecule has 1 heterocycles. The van der Waals surface area contributed by atoms with Crippen molar-refractivity contribution in [2.24, 2.45) is 0 Å². The zero-order chi connectivity index (χ0) is 11.3. The van der Waals surface area contributed by atoms with E-state index < -0.39 is 0 Å². The van der Waals surface area contributed by atoms with E-state index in [2.05, 4.69) is 49.0 Å². The SMILES string of the molecule is CCn1cccc1CNC(C)(C)COC. The first-order valence-electron chi connectivity index (χ1n) is 5.47. The lowest BCUT2D eigenvalue weighted by molar-refractivity contribution is 0.127. The quantitative estimate of drug-likeness (QED) is 0.777. The molecule has 0 aliphatic heterocycles. The lowest BCUT2D eigenvalue weighted by Gasteiger charge is -2.25. The van der Waals surface area contributed by atoms with Crippen LogP contribution in [-0.2, 0) is 17.8 Å². The van der Waals surface area contributed by atoms with Crippen LogP contribution in [-0.4, -0.2) is 23.8 Å². The van der Waals surface area contributed by atoms with E-state index in [1.54, 1.807) is 7.11 Å². The van der Waals surface area contributed by atoms with Crippen LogP contribution in [0.2, 0.25) is 0 Å². The second kappa shape index (κ2) is 5.33. The molecule has 0 amide bonds. The van der Waals surface area contributed by atoms with Gasteiger partial charge in [-0.3, -0.25) is 0 Å². The van der Waals surface area contributed by atoms with Crippen LogP contribution in [0.3, 0.4) is 0 Å². The first-order chi connectivity index (χ1) is 7.09. The molecule has 0 saturated heterocycles. The van der Waals surface area contributed by atoms with Crippen LogP contribution in [0.15, 0.2) is 18.3 Å². The van der Waals surface area contributed by atoms with Gasteiger partial charge in [0.2, 0.25) is 0 Å². The number of hydrogen-bond acceptors (Lipinski definition) is 2. The molecule has 0 aliphatic rings. The first-order valence-corrected chi connectivity index (χ1v) is 5.47. The molecule has 0 radical (unpaired) electrons. The van der Waals surface area contributed by atoms with Crippen molar-refractivity contribution >= 4 is 0 Å². The molecule has 15 heavy (non-hydrogen) atoms. The zero-order valence-corrected chi connectivity index (χ0v) is 10.2. The van der Waals surface area contributed by atoms with Gasteiger partial charge in [0.25, 0.3) is 0 Å². The van der Waals surface area contributed by atoms with E-state index in [9.17, 15) is 0 Å². The molecule has 3 heteroatoms. The Labute approximate surface area is 92.4 Å². The van der Waals surface area contributed by atoms with Gasteiger partial charge < -0.3 is 14.6 Å². The summed E-state index contributed by atoms with van der Waals surface area (Å²) in [5, 5.41) is 3.49. The molecule has 0 saturated carbocycles. The highest BCUT2D eigenvalue weighted by Crippen LogP contribution is 2.07. The van der Waals surface area contributed by atoms with Crippen molar-refractivity contribution in [3.8, 4) is 0 Å². The number of aromatic nitrogens is 1. The molecule has 0 aliphatic carbocycles. The molecule has 0 aromatic carbocycles. The molecule has 86 valence electrons. The van der Waals surface area contributed by atoms with Gasteiger partial charge in [0, 0.05) is 37.6 Å². The third-order valence-electron chi connectivity index (χ3n) is 2.52. The maximum Gasteiger partial charge on any atom is 0.0639 e. The Morgan fingerprint density at radius 1 is 1.47 bits per heavy atom. The topological polar surface area (TPSA) is 26.2 Å². The summed E-state index contributed by atoms with van der Waals surface area (Å²) in [7, 11) is 1.73. The Bertz CT molecular complexity index is 292. The lowest BCUT2D eigenvalue weighted by atomic mass is 10.1. The van der Waals surface area contributed by atoms with Crippen LogP contribution in [0.25, 0.3) is 0 Å². The molecule has 0 unspecified atom stereocenters. The largest absolute Gasteiger partial charge is 0.383 e. The van der Waals surface area contributed by atoms with E-state index in [1.807, 2.05) is 0 Å². The van der Waals surface area contributed by atoms with Crippen molar-refractivity contribution in [2.45, 2.75) is 39.4 Å². The van der Waals surface area contributed by atoms with Crippen molar-refractivity contribution in [1.82, 2.24) is 9.88 Å². The average Bonchev–Trinajstić information content (AvgIpc) is 2.62. The number of hydrogen-bond donors (Lipinski definition) is 1. The van der Waals surface area contributed by atoms with Crippen molar-refractivity contribution in [3.05, 3.63) is 24.0 Å². The number of rotatable bonds is 6. The minimum absolute atomic E-state index is 0.0254. The Morgan fingerprint density at radius 2 is 2.20 bits per heavy atom. The van der Waals surface area contributed by atoms with Gasteiger partial charge in [-0.1, -0.05) is 0 Å². The van der Waals surface area contributed by atoms with E-state index >= 15 is 0 Å². The first kappa shape index (κ1) is 12.3. The monoisotopic (exact) mass is 210 g/mol. The Kier molecular flexibility index (Phi) is 4.36. The summed E-state index contributed by atoms with van der Waals surface area (Å²) < 4.78 is 7.41. The Balaban J connectivity index is 2.49. The van der Waals surface area contributed by atoms with Crippen LogP contribution in [0.4, 0.5) is 0 Å². The molecule has 0 spiro atoms. The molecular weight excluding hydrogens is 188 g/mol. The van der Waals surface area contributed by atoms with E-state index in [0.29, 0.717) is 0 Å². The molecule has 1 rings (SSSR count). The third-order valence-corrected chi connectivity index (χ3v) is 2.52. The Morgan fingerprint density at radius 3 is 2.80 bits per heavy atom. The fourth-order valence-electron chi connectivity index (χ4n) is 1.66. The van der Waals surface area contributed by atoms with Gasteiger partial charge in [0.15, 0.2) is 0 Å². The van der Waals surface area contributed by atoms with Gasteiger partial charge in [-0.25, -0.2) is 0 Å². The van der Waals surface area contributed by atoms with Crippen molar-refractivity contribution in [3.63, 3.8) is 0 Å². The van der Waals surface area contributed by atoms with Gasteiger partial charge in [0.1, 0.15) is 0 Å². The lowest BCUT2D eigenvalue weighted by Crippen LogP contribution is -2.43. The minimum Gasteiger partial charge on any atom is -0.383 e. The maximum absolute atomic E-state index is 5.16. The summed E-state index contributed by atoms with van der Waals surface area (Å²) in [6.45, 7) is 9.08. The van der Waals surface area contributed by atoms with Gasteiger partial charge in [0.05, 0.1) is 6.61 Å². The smallest absolute Gasteiger partial charge is 0.0639 e. The summed E-state index contributed by atoms with van der Waals surface area (Å²) >= 11 is 0. The summed E-state index contributed by atoms with van der Waals surface area (Å²) in [5.74, 6) is 0. The van der Waals surface area contributed by atoms with Crippen LogP contribution in [0.5, 0.6) is 0 Å². The van der Waals surface area contributed by atoms with Crippen molar-refractivity contribution < 1.29 is 4.74 Å². The van der Waals surface area contributed by atoms with Gasteiger partial charge in [-0.05, 0) is 32.9 Å². The summed E-state index contributed by atoms with van der Waals surface area (Å²) in [6, 6.07) is 4.24. The van der Waals surface area contributed by atoms with E-state index in [1.165, 1.54) is 5.69 Å². The summed E-state index contributed by atoms with van der Waals surface area (Å²) in [5.41, 5.74) is 1.35. The maximum atomic E-state index is 5.16. The highest BCUT2D eigenvalue weighted by molar-refractivity contribution is 5.07. The fourth-order valence-corrected chi connectivity index (χ4v) is 1.66. The van der Waals surface area contributed by atoms with Crippen LogP contribution in [0.1, 0.15) is 26.5 Å². The summed E-state index contributed by atoms with van der Waals surface area (Å²) in [4.78, 5) is 0. The van der Waals surface area contributed by atoms with Gasteiger partial charge in [-0.15, -0.1) is 0 Å². The highest BCUT2D eigenvalue weighted by Gasteiger charge is 2.16. The van der Waals surface area contributed by atoms with Gasteiger partial charge >= 0.3 is 0 Å². The van der Waals surface area contributed by atoms with Crippen molar-refractivity contribution in [2.75, 3.05) is 13.7 Å². The van der Waals surface area contributed by atoms with Crippen molar-refractivity contribution in [1.29, 1.82) is 0 Å². The summed E-state index contributed by atoms with van der Waals surface area (Å²) in [6.07, 6.45) is 2.11. The predicted octanol–water partition coefficient (Wildman–Crippen LogP) is 2.02. The number of nitrogens with one attached hydrogen (secondary N) is 1. The zero-order valence-electron chi connectivity index (χ0n) is 10.2. The molecule has 0 atom stereocenters. The van der Waals surface area contributed by atoms with E-state index in [4.69, 9.17) is 4.74 Å². The van der Waals surface area contributed by atoms with E-state index in [0.717, 1.165) is 19.7 Å². The number of methoxy groups -OCH3 is 1. The van der Waals surface area contributed by atoms with Crippen LogP contribution in [0, 0.1) is 0 Å². The van der Waals surface area contributed by atoms with Gasteiger partial charge in [-0.2, -0.15) is 0 Å². The number of nitrogens with zero attached hydrogens (tertiary/aromatic N) is 1. The standard InChI is InChI=1S/C12H22N2O/c1-5-14-8-6-7-11(14)9-13-12(2,3)10-15-4/h6-8,13H,5,9-10H2,1-4H3. The fraction of sp³-hybridized carbons (Fsp3) is 0.667. The van der Waals surface area contributed by atoms with Crippen LogP contribution < -0.4 is 5.32 Å². The second-order valence-corrected chi connectivity index (χ2v) is 4.46. The molecular formula is C12H22N2O. The average molecular weight is 210 g/mol. The molecule has 1 aromatic heterocycles. The van der Waals surface area contributed by atoms with E-state index in [-0.39, 0.29) is 5.54 Å². The molecule has 0 bridgehead atoms. The molecule has 1 aromatic rings. The third kappa shape index (κ3) is 3.68. The Hall–Kier alpha value is -0.800.